The second kappa shape index (κ2) is 4.85. The highest BCUT2D eigenvalue weighted by atomic mass is 32.2. The molecule has 9 heteroatoms. The molecule has 0 aliphatic heterocycles. The molecule has 0 amide bonds. The zero-order chi connectivity index (χ0) is 14.1. The molecule has 8 nitrogen and oxygen atoms in total. The second-order valence-electron chi connectivity index (χ2n) is 3.86. The maximum Gasteiger partial charge on any atom is 0.373 e. The van der Waals surface area contributed by atoms with Crippen molar-refractivity contribution >= 4 is 28.6 Å². The van der Waals surface area contributed by atoms with E-state index in [2.05, 4.69) is 25.5 Å². The number of aryl methyl sites for hydroxylation is 1. The first kappa shape index (κ1) is 12.5. The van der Waals surface area contributed by atoms with Crippen LogP contribution in [0.1, 0.15) is 10.6 Å². The second-order valence-corrected chi connectivity index (χ2v) is 4.82. The lowest BCUT2D eigenvalue weighted by atomic mass is 10.2. The van der Waals surface area contributed by atoms with Gasteiger partial charge in [0.1, 0.15) is 5.03 Å². The summed E-state index contributed by atoms with van der Waals surface area (Å²) in [4.78, 5) is 19.2. The monoisotopic (exact) mass is 288 g/mol. The molecule has 20 heavy (non-hydrogen) atoms. The molecule has 100 valence electrons. The van der Waals surface area contributed by atoms with E-state index in [1.54, 1.807) is 19.2 Å². The molecule has 2 heterocycles. The Morgan fingerprint density at radius 1 is 1.30 bits per heavy atom. The Labute approximate surface area is 116 Å². The van der Waals surface area contributed by atoms with Crippen LogP contribution in [0.25, 0.3) is 10.9 Å². The van der Waals surface area contributed by atoms with Crippen LogP contribution >= 0.6 is 11.8 Å². The molecule has 0 aliphatic rings. The third-order valence-corrected chi connectivity index (χ3v) is 3.56. The number of para-hydroxylation sites is 1. The minimum absolute atomic E-state index is 0.249. The summed E-state index contributed by atoms with van der Waals surface area (Å²) in [5, 5.41) is 22.0. The third kappa shape index (κ3) is 2.18. The van der Waals surface area contributed by atoms with Gasteiger partial charge < -0.3 is 5.11 Å². The van der Waals surface area contributed by atoms with E-state index in [-0.39, 0.29) is 5.82 Å². The predicted octanol–water partition coefficient (Wildman–Crippen LogP) is 1.00. The zero-order valence-electron chi connectivity index (χ0n) is 10.3. The molecule has 0 unspecified atom stereocenters. The average Bonchev–Trinajstić information content (AvgIpc) is 2.84. The van der Waals surface area contributed by atoms with Crippen LogP contribution in [0.4, 0.5) is 0 Å². The summed E-state index contributed by atoms with van der Waals surface area (Å²) >= 11 is 1.19. The fraction of sp³-hybridized carbons (Fsp3) is 0.0909. The lowest BCUT2D eigenvalue weighted by Gasteiger charge is -2.05. The average molecular weight is 288 g/mol. The number of aromatic nitrogens is 6. The molecule has 0 aliphatic carbocycles. The molecule has 0 atom stereocenters. The summed E-state index contributed by atoms with van der Waals surface area (Å²) in [6, 6.07) is 7.19. The summed E-state index contributed by atoms with van der Waals surface area (Å²) in [5.74, 6) is -1.42. The molecule has 0 spiro atoms. The SMILES string of the molecule is Cn1nnnc1Sc1nc(C(=O)O)nc2ccccc12. The Balaban J connectivity index is 2.17. The van der Waals surface area contributed by atoms with Crippen LogP contribution in [-0.2, 0) is 7.05 Å². The Kier molecular flexibility index (Phi) is 3.03. The van der Waals surface area contributed by atoms with E-state index in [1.165, 1.54) is 16.4 Å². The third-order valence-electron chi connectivity index (χ3n) is 2.53. The van der Waals surface area contributed by atoms with Gasteiger partial charge in [0.05, 0.1) is 5.52 Å². The number of fused-ring (bicyclic) bond motifs is 1. The molecule has 1 aromatic carbocycles. The van der Waals surface area contributed by atoms with Crippen LogP contribution in [-0.4, -0.2) is 41.3 Å². The Bertz CT molecular complexity index is 802. The molecular weight excluding hydrogens is 280 g/mol. The van der Waals surface area contributed by atoms with Gasteiger partial charge in [-0.1, -0.05) is 18.2 Å². The molecule has 0 saturated carbocycles. The molecule has 0 saturated heterocycles. The first-order valence-electron chi connectivity index (χ1n) is 5.55. The molecule has 0 radical (unpaired) electrons. The van der Waals surface area contributed by atoms with E-state index in [0.29, 0.717) is 15.7 Å². The van der Waals surface area contributed by atoms with E-state index < -0.39 is 5.97 Å². The molecule has 1 N–H and O–H groups in total. The predicted molar refractivity (Wildman–Crippen MR) is 69.4 cm³/mol. The minimum Gasteiger partial charge on any atom is -0.475 e. The summed E-state index contributed by atoms with van der Waals surface area (Å²) in [7, 11) is 1.70. The summed E-state index contributed by atoms with van der Waals surface area (Å²) in [6.45, 7) is 0. The van der Waals surface area contributed by atoms with Gasteiger partial charge in [-0.15, -0.1) is 5.10 Å². The van der Waals surface area contributed by atoms with Crippen LogP contribution in [0.15, 0.2) is 34.4 Å². The van der Waals surface area contributed by atoms with E-state index in [0.717, 1.165) is 5.39 Å². The van der Waals surface area contributed by atoms with Crippen LogP contribution in [0.3, 0.4) is 0 Å². The van der Waals surface area contributed by atoms with Crippen molar-refractivity contribution in [2.45, 2.75) is 10.2 Å². The number of carbonyl (C=O) groups is 1. The number of aromatic carboxylic acids is 1. The van der Waals surface area contributed by atoms with Crippen molar-refractivity contribution in [3.8, 4) is 0 Å². The van der Waals surface area contributed by atoms with Gasteiger partial charge in [-0.05, 0) is 28.3 Å². The number of carboxylic acid groups (broad SMARTS) is 1. The summed E-state index contributed by atoms with van der Waals surface area (Å²) in [5.41, 5.74) is 0.567. The highest BCUT2D eigenvalue weighted by Crippen LogP contribution is 2.29. The number of carboxylic acids is 1. The molecule has 0 fully saturated rings. The largest absolute Gasteiger partial charge is 0.475 e. The lowest BCUT2D eigenvalue weighted by molar-refractivity contribution is 0.0683. The quantitative estimate of drug-likeness (QED) is 0.711. The normalized spacial score (nSPS) is 10.8. The van der Waals surface area contributed by atoms with Gasteiger partial charge in [-0.2, -0.15) is 0 Å². The van der Waals surface area contributed by atoms with Crippen molar-refractivity contribution in [2.75, 3.05) is 0 Å². The minimum atomic E-state index is -1.17. The highest BCUT2D eigenvalue weighted by Gasteiger charge is 2.15. The molecule has 3 rings (SSSR count). The van der Waals surface area contributed by atoms with Crippen LogP contribution < -0.4 is 0 Å². The van der Waals surface area contributed by atoms with Gasteiger partial charge in [-0.25, -0.2) is 19.4 Å². The van der Waals surface area contributed by atoms with Crippen LogP contribution in [0, 0.1) is 0 Å². The van der Waals surface area contributed by atoms with Crippen molar-refractivity contribution in [1.29, 1.82) is 0 Å². The van der Waals surface area contributed by atoms with Crippen LogP contribution in [0.5, 0.6) is 0 Å². The first-order valence-corrected chi connectivity index (χ1v) is 6.37. The zero-order valence-corrected chi connectivity index (χ0v) is 11.1. The molecular formula is C11H8N6O2S. The smallest absolute Gasteiger partial charge is 0.373 e. The van der Waals surface area contributed by atoms with Crippen molar-refractivity contribution in [2.24, 2.45) is 7.05 Å². The maximum atomic E-state index is 11.1. The van der Waals surface area contributed by atoms with Gasteiger partial charge in [-0.3, -0.25) is 0 Å². The fourth-order valence-corrected chi connectivity index (χ4v) is 2.45. The van der Waals surface area contributed by atoms with Crippen molar-refractivity contribution in [1.82, 2.24) is 30.2 Å². The Hall–Kier alpha value is -2.55. The number of tetrazole rings is 1. The molecule has 3 aromatic rings. The highest BCUT2D eigenvalue weighted by molar-refractivity contribution is 7.99. The first-order chi connectivity index (χ1) is 9.65. The van der Waals surface area contributed by atoms with Crippen LogP contribution in [0.2, 0.25) is 0 Å². The number of benzene rings is 1. The Morgan fingerprint density at radius 3 is 2.80 bits per heavy atom. The van der Waals surface area contributed by atoms with Crippen molar-refractivity contribution in [3.63, 3.8) is 0 Å². The van der Waals surface area contributed by atoms with E-state index >= 15 is 0 Å². The van der Waals surface area contributed by atoms with Gasteiger partial charge in [0.25, 0.3) is 0 Å². The number of nitrogens with zero attached hydrogens (tertiary/aromatic N) is 6. The van der Waals surface area contributed by atoms with E-state index in [9.17, 15) is 4.79 Å². The standard InChI is InChI=1S/C11H8N6O2S/c1-17-11(14-15-16-17)20-9-6-4-2-3-5-7(6)12-8(13-9)10(18)19/h2-5H,1H3,(H,18,19). The van der Waals surface area contributed by atoms with Crippen molar-refractivity contribution in [3.05, 3.63) is 30.1 Å². The van der Waals surface area contributed by atoms with Gasteiger partial charge >= 0.3 is 5.97 Å². The number of hydrogen-bond donors (Lipinski definition) is 1. The lowest BCUT2D eigenvalue weighted by Crippen LogP contribution is -2.05. The van der Waals surface area contributed by atoms with E-state index in [1.807, 2.05) is 12.1 Å². The fourth-order valence-electron chi connectivity index (χ4n) is 1.62. The number of rotatable bonds is 3. The molecule has 0 bridgehead atoms. The van der Waals surface area contributed by atoms with Gasteiger partial charge in [0.2, 0.25) is 11.0 Å². The van der Waals surface area contributed by atoms with E-state index in [4.69, 9.17) is 5.11 Å². The topological polar surface area (TPSA) is 107 Å². The molecule has 2 aromatic heterocycles. The summed E-state index contributed by atoms with van der Waals surface area (Å²) < 4.78 is 1.49. The maximum absolute atomic E-state index is 11.1. The Morgan fingerprint density at radius 2 is 2.10 bits per heavy atom. The van der Waals surface area contributed by atoms with Gasteiger partial charge in [0, 0.05) is 12.4 Å². The van der Waals surface area contributed by atoms with Gasteiger partial charge in [0.15, 0.2) is 0 Å². The van der Waals surface area contributed by atoms with Crippen molar-refractivity contribution < 1.29 is 9.90 Å². The number of hydrogen-bond acceptors (Lipinski definition) is 7. The summed E-state index contributed by atoms with van der Waals surface area (Å²) in [6.07, 6.45) is 0.